The zero-order valence-corrected chi connectivity index (χ0v) is 23.5. The molecule has 1 heterocycles. The van der Waals surface area contributed by atoms with E-state index in [0.717, 1.165) is 41.1 Å². The van der Waals surface area contributed by atoms with Crippen molar-refractivity contribution in [2.45, 2.75) is 106 Å². The summed E-state index contributed by atoms with van der Waals surface area (Å²) in [6, 6.07) is 0. The van der Waals surface area contributed by atoms with E-state index in [1.807, 2.05) is 20.8 Å². The Morgan fingerprint density at radius 2 is 1.69 bits per heavy atom. The maximum atomic E-state index is 10.3. The Morgan fingerprint density at radius 3 is 2.37 bits per heavy atom. The number of allylic oxidation sites excluding steroid dienone is 2. The summed E-state index contributed by atoms with van der Waals surface area (Å²) < 4.78 is 0. The maximum absolute atomic E-state index is 10.3. The van der Waals surface area contributed by atoms with Crippen molar-refractivity contribution in [2.75, 3.05) is 13.2 Å². The number of aliphatic hydroxyl groups is 1. The van der Waals surface area contributed by atoms with Gasteiger partial charge in [0.05, 0.1) is 6.54 Å². The van der Waals surface area contributed by atoms with Gasteiger partial charge in [-0.25, -0.2) is 0 Å². The maximum Gasteiger partial charge on any atom is 0.131 e. The molecule has 4 heteroatoms. The van der Waals surface area contributed by atoms with Crippen LogP contribution in [0.5, 0.6) is 0 Å². The van der Waals surface area contributed by atoms with Crippen LogP contribution in [0, 0.1) is 51.8 Å². The SMILES string of the molecule is C=CC.CC.CC1C2=C(CN(O)O2)CC2(C)C1CCC1(C)C3CCC4(CO)CCCC4C3CCC21. The normalized spacial score (nSPS) is 47.9. The van der Waals surface area contributed by atoms with Gasteiger partial charge in [-0.2, -0.15) is 0 Å². The second-order valence-corrected chi connectivity index (χ2v) is 13.1. The van der Waals surface area contributed by atoms with Crippen LogP contribution in [0.4, 0.5) is 0 Å². The Hall–Kier alpha value is -0.840. The summed E-state index contributed by atoms with van der Waals surface area (Å²) in [4.78, 5) is 5.73. The van der Waals surface area contributed by atoms with Crippen LogP contribution in [0.3, 0.4) is 0 Å². The molecule has 4 nitrogen and oxygen atoms in total. The third kappa shape index (κ3) is 4.05. The van der Waals surface area contributed by atoms with Crippen molar-refractivity contribution < 1.29 is 15.2 Å². The van der Waals surface area contributed by atoms with E-state index >= 15 is 0 Å². The summed E-state index contributed by atoms with van der Waals surface area (Å²) >= 11 is 0. The third-order valence-electron chi connectivity index (χ3n) is 11.8. The van der Waals surface area contributed by atoms with Gasteiger partial charge in [-0.05, 0) is 121 Å². The van der Waals surface area contributed by atoms with E-state index in [4.69, 9.17) is 4.84 Å². The lowest BCUT2D eigenvalue weighted by Crippen LogP contribution is -2.60. The zero-order chi connectivity index (χ0) is 25.6. The van der Waals surface area contributed by atoms with E-state index in [2.05, 4.69) is 27.4 Å². The van der Waals surface area contributed by atoms with Crippen molar-refractivity contribution >= 4 is 0 Å². The summed E-state index contributed by atoms with van der Waals surface area (Å²) in [5, 5.41) is 21.4. The molecule has 0 aromatic heterocycles. The van der Waals surface area contributed by atoms with Gasteiger partial charge < -0.3 is 9.94 Å². The van der Waals surface area contributed by atoms with Crippen molar-refractivity contribution in [2.24, 2.45) is 51.8 Å². The Kier molecular flexibility index (Phi) is 7.88. The molecule has 0 radical (unpaired) electrons. The first-order chi connectivity index (χ1) is 16.7. The van der Waals surface area contributed by atoms with Crippen LogP contribution in [0.2, 0.25) is 0 Å². The van der Waals surface area contributed by atoms with Gasteiger partial charge in [0.25, 0.3) is 0 Å². The van der Waals surface area contributed by atoms with Gasteiger partial charge in [-0.15, -0.1) is 6.58 Å². The van der Waals surface area contributed by atoms with Gasteiger partial charge >= 0.3 is 0 Å². The van der Waals surface area contributed by atoms with E-state index in [0.29, 0.717) is 35.8 Å². The molecule has 9 atom stereocenters. The van der Waals surface area contributed by atoms with Gasteiger partial charge in [0.15, 0.2) is 0 Å². The van der Waals surface area contributed by atoms with Crippen molar-refractivity contribution in [1.29, 1.82) is 0 Å². The summed E-state index contributed by atoms with van der Waals surface area (Å²) in [5.41, 5.74) is 2.38. The van der Waals surface area contributed by atoms with Gasteiger partial charge in [-0.3, -0.25) is 5.21 Å². The monoisotopic (exact) mass is 487 g/mol. The Bertz CT molecular complexity index is 809. The fourth-order valence-corrected chi connectivity index (χ4v) is 10.7. The molecule has 9 unspecified atom stereocenters. The van der Waals surface area contributed by atoms with Gasteiger partial charge in [0.2, 0.25) is 0 Å². The predicted octanol–water partition coefficient (Wildman–Crippen LogP) is 7.77. The van der Waals surface area contributed by atoms with E-state index in [-0.39, 0.29) is 5.41 Å². The summed E-state index contributed by atoms with van der Waals surface area (Å²) in [6.45, 7) is 17.8. The van der Waals surface area contributed by atoms with Crippen LogP contribution in [-0.2, 0) is 4.84 Å². The molecule has 0 amide bonds. The number of nitrogens with zero attached hydrogens (tertiary/aromatic N) is 1. The largest absolute Gasteiger partial charge is 0.396 e. The molecular weight excluding hydrogens is 434 g/mol. The molecule has 5 aliphatic carbocycles. The van der Waals surface area contributed by atoms with E-state index in [1.165, 1.54) is 63.4 Å². The molecule has 0 bridgehead atoms. The van der Waals surface area contributed by atoms with Crippen LogP contribution in [0.15, 0.2) is 24.0 Å². The highest BCUT2D eigenvalue weighted by Gasteiger charge is 2.65. The lowest BCUT2D eigenvalue weighted by Gasteiger charge is -2.67. The lowest BCUT2D eigenvalue weighted by atomic mass is 9.38. The second kappa shape index (κ2) is 10.1. The number of fused-ring (bicyclic) bond motifs is 7. The van der Waals surface area contributed by atoms with Crippen LogP contribution in [0.1, 0.15) is 106 Å². The van der Waals surface area contributed by atoms with E-state index < -0.39 is 0 Å². The number of aliphatic hydroxyl groups excluding tert-OH is 1. The van der Waals surface area contributed by atoms with Gasteiger partial charge in [-0.1, -0.05) is 47.1 Å². The molecule has 1 aliphatic heterocycles. The molecule has 200 valence electrons. The number of hydroxylamine groups is 2. The number of hydrogen-bond acceptors (Lipinski definition) is 4. The van der Waals surface area contributed by atoms with Crippen LogP contribution in [-0.4, -0.2) is 28.7 Å². The Morgan fingerprint density at radius 1 is 1.00 bits per heavy atom. The summed E-state index contributed by atoms with van der Waals surface area (Å²) in [7, 11) is 0. The number of rotatable bonds is 1. The van der Waals surface area contributed by atoms with Crippen LogP contribution >= 0.6 is 0 Å². The van der Waals surface area contributed by atoms with Crippen LogP contribution in [0.25, 0.3) is 0 Å². The van der Waals surface area contributed by atoms with Crippen molar-refractivity contribution in [1.82, 2.24) is 5.23 Å². The topological polar surface area (TPSA) is 52.9 Å². The second-order valence-electron chi connectivity index (χ2n) is 13.1. The third-order valence-corrected chi connectivity index (χ3v) is 11.8. The molecule has 2 N–H and O–H groups in total. The molecule has 0 aromatic carbocycles. The average molecular weight is 488 g/mol. The number of hydrogen-bond donors (Lipinski definition) is 2. The standard InChI is InChI=1S/C26H41NO3.C3H6.C2H6/c1-16-19-8-11-24(2)20-9-12-26(15-28)10-4-5-21(26)18(20)6-7-22(24)25(19,3)13-17-14-27(29)30-23(16)17;1-3-2;1-2/h16,18-22,28-29H,4-15H2,1-3H3;3H,1H2,2H3;1-2H3. The lowest BCUT2D eigenvalue weighted by molar-refractivity contribution is -0.303. The van der Waals surface area contributed by atoms with E-state index in [9.17, 15) is 10.3 Å². The first kappa shape index (κ1) is 27.2. The molecular formula is C31H53NO3. The van der Waals surface area contributed by atoms with Crippen LogP contribution < -0.4 is 0 Å². The minimum Gasteiger partial charge on any atom is -0.396 e. The Labute approximate surface area is 215 Å². The zero-order valence-electron chi connectivity index (χ0n) is 23.5. The highest BCUT2D eigenvalue weighted by atomic mass is 16.9. The predicted molar refractivity (Wildman–Crippen MR) is 142 cm³/mol. The minimum absolute atomic E-state index is 0.260. The minimum atomic E-state index is 0.260. The molecule has 0 saturated heterocycles. The molecule has 0 aromatic rings. The molecule has 35 heavy (non-hydrogen) atoms. The summed E-state index contributed by atoms with van der Waals surface area (Å²) in [6.07, 6.45) is 14.8. The first-order valence-electron chi connectivity index (χ1n) is 14.8. The fourth-order valence-electron chi connectivity index (χ4n) is 10.7. The Balaban J connectivity index is 0.000000539. The molecule has 4 saturated carbocycles. The molecule has 0 spiro atoms. The highest BCUT2D eigenvalue weighted by Crippen LogP contribution is 2.72. The first-order valence-corrected chi connectivity index (χ1v) is 14.8. The average Bonchev–Trinajstić information content (AvgIpc) is 3.44. The molecule has 6 aliphatic rings. The smallest absolute Gasteiger partial charge is 0.131 e. The van der Waals surface area contributed by atoms with Crippen molar-refractivity contribution in [3.05, 3.63) is 24.0 Å². The molecule has 6 rings (SSSR count). The van der Waals surface area contributed by atoms with Gasteiger partial charge in [0, 0.05) is 12.5 Å². The van der Waals surface area contributed by atoms with E-state index in [1.54, 1.807) is 6.08 Å². The molecule has 4 fully saturated rings. The van der Waals surface area contributed by atoms with Crippen molar-refractivity contribution in [3.8, 4) is 0 Å². The summed E-state index contributed by atoms with van der Waals surface area (Å²) in [5.74, 6) is 5.40. The van der Waals surface area contributed by atoms with Crippen molar-refractivity contribution in [3.63, 3.8) is 0 Å². The fraction of sp³-hybridized carbons (Fsp3) is 0.871. The van der Waals surface area contributed by atoms with Gasteiger partial charge in [0.1, 0.15) is 5.76 Å². The highest BCUT2D eigenvalue weighted by molar-refractivity contribution is 5.26. The quantitative estimate of drug-likeness (QED) is 0.371.